The van der Waals surface area contributed by atoms with E-state index in [0.29, 0.717) is 12.6 Å². The molecule has 0 radical (unpaired) electrons. The van der Waals surface area contributed by atoms with E-state index in [1.807, 2.05) is 4.90 Å². The zero-order valence-corrected chi connectivity index (χ0v) is 14.0. The summed E-state index contributed by atoms with van der Waals surface area (Å²) in [6.07, 6.45) is 3.29. The molecular formula is C18H27N3O2. The summed E-state index contributed by atoms with van der Waals surface area (Å²) in [6.45, 7) is 5.28. The molecule has 0 atom stereocenters. The Morgan fingerprint density at radius 3 is 2.70 bits per heavy atom. The number of nitrogens with one attached hydrogen (secondary N) is 1. The molecule has 0 aromatic heterocycles. The minimum Gasteiger partial charge on any atom is -0.381 e. The molecule has 2 aliphatic rings. The van der Waals surface area contributed by atoms with Gasteiger partial charge in [0.25, 0.3) is 0 Å². The highest BCUT2D eigenvalue weighted by Gasteiger charge is 2.22. The standard InChI is InChI=1S/C18H27N3O2/c1-23-17-7-11-21(12-8-17)18(22)19-9-13-20-10-6-15-4-2-3-5-16(15)14-20/h2-5,17H,6-14H2,1H3,(H,19,22). The fraction of sp³-hybridized carbons (Fsp3) is 0.611. The summed E-state index contributed by atoms with van der Waals surface area (Å²) in [6, 6.07) is 8.71. The van der Waals surface area contributed by atoms with Gasteiger partial charge in [-0.25, -0.2) is 4.79 Å². The van der Waals surface area contributed by atoms with Crippen LogP contribution in [-0.2, 0) is 17.7 Å². The van der Waals surface area contributed by atoms with Crippen LogP contribution in [-0.4, -0.2) is 61.8 Å². The van der Waals surface area contributed by atoms with Crippen LogP contribution in [0, 0.1) is 0 Å². The van der Waals surface area contributed by atoms with E-state index in [2.05, 4.69) is 34.5 Å². The topological polar surface area (TPSA) is 44.8 Å². The fourth-order valence-corrected chi connectivity index (χ4v) is 3.47. The van der Waals surface area contributed by atoms with Gasteiger partial charge in [0.05, 0.1) is 6.10 Å². The Labute approximate surface area is 138 Å². The first kappa shape index (κ1) is 16.3. The highest BCUT2D eigenvalue weighted by atomic mass is 16.5. The van der Waals surface area contributed by atoms with E-state index in [1.165, 1.54) is 11.1 Å². The zero-order valence-electron chi connectivity index (χ0n) is 14.0. The molecule has 2 amide bonds. The minimum atomic E-state index is 0.0666. The van der Waals surface area contributed by atoms with Crippen LogP contribution in [0.2, 0.25) is 0 Å². The molecule has 5 heteroatoms. The number of fused-ring (bicyclic) bond motifs is 1. The average molecular weight is 317 g/mol. The van der Waals surface area contributed by atoms with Gasteiger partial charge in [-0.2, -0.15) is 0 Å². The number of piperidine rings is 1. The molecule has 1 aromatic carbocycles. The molecule has 1 N–H and O–H groups in total. The Bertz CT molecular complexity index is 527. The lowest BCUT2D eigenvalue weighted by atomic mass is 10.00. The van der Waals surface area contributed by atoms with Crippen molar-refractivity contribution in [2.75, 3.05) is 39.8 Å². The summed E-state index contributed by atoms with van der Waals surface area (Å²) in [5.41, 5.74) is 2.89. The normalized spacial score (nSPS) is 19.4. The first-order chi connectivity index (χ1) is 11.3. The van der Waals surface area contributed by atoms with Crippen LogP contribution in [0.15, 0.2) is 24.3 Å². The van der Waals surface area contributed by atoms with Crippen LogP contribution in [0.5, 0.6) is 0 Å². The summed E-state index contributed by atoms with van der Waals surface area (Å²) < 4.78 is 5.34. The van der Waals surface area contributed by atoms with Crippen molar-refractivity contribution < 1.29 is 9.53 Å². The van der Waals surface area contributed by atoms with E-state index in [-0.39, 0.29) is 6.03 Å². The number of ether oxygens (including phenoxy) is 1. The van der Waals surface area contributed by atoms with Crippen LogP contribution in [0.25, 0.3) is 0 Å². The molecule has 5 nitrogen and oxygen atoms in total. The van der Waals surface area contributed by atoms with Gasteiger partial charge in [-0.05, 0) is 30.4 Å². The van der Waals surface area contributed by atoms with Gasteiger partial charge < -0.3 is 15.0 Å². The lowest BCUT2D eigenvalue weighted by Crippen LogP contribution is -2.47. The third kappa shape index (κ3) is 4.24. The van der Waals surface area contributed by atoms with Gasteiger partial charge in [-0.1, -0.05) is 24.3 Å². The first-order valence-electron chi connectivity index (χ1n) is 8.61. The van der Waals surface area contributed by atoms with Crippen molar-refractivity contribution in [3.05, 3.63) is 35.4 Å². The van der Waals surface area contributed by atoms with Gasteiger partial charge in [0.2, 0.25) is 0 Å². The van der Waals surface area contributed by atoms with E-state index in [1.54, 1.807) is 7.11 Å². The van der Waals surface area contributed by atoms with Crippen molar-refractivity contribution in [3.63, 3.8) is 0 Å². The van der Waals surface area contributed by atoms with Crippen LogP contribution in [0.4, 0.5) is 4.79 Å². The van der Waals surface area contributed by atoms with Gasteiger partial charge in [-0.15, -0.1) is 0 Å². The maximum atomic E-state index is 12.2. The number of likely N-dealkylation sites (tertiary alicyclic amines) is 1. The lowest BCUT2D eigenvalue weighted by Gasteiger charge is -2.32. The number of benzene rings is 1. The highest BCUT2D eigenvalue weighted by Crippen LogP contribution is 2.18. The summed E-state index contributed by atoms with van der Waals surface area (Å²) in [5, 5.41) is 3.06. The fourth-order valence-electron chi connectivity index (χ4n) is 3.47. The van der Waals surface area contributed by atoms with E-state index in [4.69, 9.17) is 4.74 Å². The number of nitrogens with zero attached hydrogens (tertiary/aromatic N) is 2. The number of urea groups is 1. The second-order valence-corrected chi connectivity index (χ2v) is 6.45. The second kappa shape index (κ2) is 7.79. The minimum absolute atomic E-state index is 0.0666. The Hall–Kier alpha value is -1.59. The summed E-state index contributed by atoms with van der Waals surface area (Å²) >= 11 is 0. The van der Waals surface area contributed by atoms with Gasteiger partial charge in [0, 0.05) is 46.4 Å². The predicted molar refractivity (Wildman–Crippen MR) is 90.4 cm³/mol. The molecule has 126 valence electrons. The van der Waals surface area contributed by atoms with Crippen LogP contribution < -0.4 is 5.32 Å². The smallest absolute Gasteiger partial charge is 0.317 e. The maximum Gasteiger partial charge on any atom is 0.317 e. The predicted octanol–water partition coefficient (Wildman–Crippen LogP) is 1.87. The van der Waals surface area contributed by atoms with Gasteiger partial charge in [-0.3, -0.25) is 4.90 Å². The van der Waals surface area contributed by atoms with E-state index in [0.717, 1.165) is 52.0 Å². The molecule has 0 aliphatic carbocycles. The third-order valence-electron chi connectivity index (χ3n) is 4.98. The van der Waals surface area contributed by atoms with Crippen molar-refractivity contribution in [2.24, 2.45) is 0 Å². The number of rotatable bonds is 4. The van der Waals surface area contributed by atoms with Crippen molar-refractivity contribution in [1.29, 1.82) is 0 Å². The number of hydrogen-bond acceptors (Lipinski definition) is 3. The SMILES string of the molecule is COC1CCN(C(=O)NCCN2CCc3ccccc3C2)CC1. The third-order valence-corrected chi connectivity index (χ3v) is 4.98. The van der Waals surface area contributed by atoms with Gasteiger partial charge in [0.1, 0.15) is 0 Å². The quantitative estimate of drug-likeness (QED) is 0.922. The monoisotopic (exact) mass is 317 g/mol. The molecule has 2 heterocycles. The highest BCUT2D eigenvalue weighted by molar-refractivity contribution is 5.74. The number of hydrogen-bond donors (Lipinski definition) is 1. The number of methoxy groups -OCH3 is 1. The van der Waals surface area contributed by atoms with Crippen molar-refractivity contribution in [3.8, 4) is 0 Å². The number of carbonyl (C=O) groups excluding carboxylic acids is 1. The Kier molecular flexibility index (Phi) is 5.51. The van der Waals surface area contributed by atoms with Gasteiger partial charge >= 0.3 is 6.03 Å². The first-order valence-corrected chi connectivity index (χ1v) is 8.61. The molecule has 1 saturated heterocycles. The second-order valence-electron chi connectivity index (χ2n) is 6.45. The maximum absolute atomic E-state index is 12.2. The van der Waals surface area contributed by atoms with Crippen LogP contribution in [0.3, 0.4) is 0 Å². The number of amides is 2. The molecule has 0 bridgehead atoms. The Morgan fingerprint density at radius 1 is 1.22 bits per heavy atom. The lowest BCUT2D eigenvalue weighted by molar-refractivity contribution is 0.0503. The van der Waals surface area contributed by atoms with Crippen LogP contribution >= 0.6 is 0 Å². The van der Waals surface area contributed by atoms with Crippen molar-refractivity contribution >= 4 is 6.03 Å². The molecular weight excluding hydrogens is 290 g/mol. The summed E-state index contributed by atoms with van der Waals surface area (Å²) in [4.78, 5) is 16.5. The van der Waals surface area contributed by atoms with E-state index in [9.17, 15) is 4.79 Å². The molecule has 23 heavy (non-hydrogen) atoms. The summed E-state index contributed by atoms with van der Waals surface area (Å²) in [7, 11) is 1.75. The average Bonchev–Trinajstić information content (AvgIpc) is 2.61. The molecule has 3 rings (SSSR count). The Balaban J connectivity index is 1.38. The van der Waals surface area contributed by atoms with Crippen LogP contribution in [0.1, 0.15) is 24.0 Å². The zero-order chi connectivity index (χ0) is 16.1. The largest absolute Gasteiger partial charge is 0.381 e. The van der Waals surface area contributed by atoms with Crippen molar-refractivity contribution in [1.82, 2.24) is 15.1 Å². The molecule has 0 saturated carbocycles. The Morgan fingerprint density at radius 2 is 1.96 bits per heavy atom. The summed E-state index contributed by atoms with van der Waals surface area (Å²) in [5.74, 6) is 0. The molecule has 1 aromatic rings. The molecule has 2 aliphatic heterocycles. The van der Waals surface area contributed by atoms with E-state index >= 15 is 0 Å². The van der Waals surface area contributed by atoms with Crippen molar-refractivity contribution in [2.45, 2.75) is 31.9 Å². The molecule has 1 fully saturated rings. The molecule has 0 unspecified atom stereocenters. The molecule has 0 spiro atoms. The van der Waals surface area contributed by atoms with Gasteiger partial charge in [0.15, 0.2) is 0 Å². The number of carbonyl (C=O) groups is 1. The van der Waals surface area contributed by atoms with E-state index < -0.39 is 0 Å².